The maximum absolute atomic E-state index is 12.6. The van der Waals surface area contributed by atoms with Gasteiger partial charge < -0.3 is 19.4 Å². The van der Waals surface area contributed by atoms with Gasteiger partial charge in [-0.2, -0.15) is 0 Å². The Morgan fingerprint density at radius 2 is 1.93 bits per heavy atom. The van der Waals surface area contributed by atoms with E-state index in [4.69, 9.17) is 9.15 Å². The van der Waals surface area contributed by atoms with Crippen LogP contribution in [0.1, 0.15) is 17.2 Å². The molecule has 0 saturated carbocycles. The molecular weight excluding hydrogens is 377 g/mol. The van der Waals surface area contributed by atoms with Gasteiger partial charge in [0, 0.05) is 18.3 Å². The fourth-order valence-electron chi connectivity index (χ4n) is 3.36. The number of benzene rings is 2. The van der Waals surface area contributed by atoms with Crippen molar-refractivity contribution in [2.45, 2.75) is 18.3 Å². The van der Waals surface area contributed by atoms with Crippen molar-refractivity contribution in [3.8, 4) is 11.5 Å². The Hall–Kier alpha value is -2.31. The van der Waals surface area contributed by atoms with Crippen molar-refractivity contribution in [3.63, 3.8) is 0 Å². The first-order valence-electron chi connectivity index (χ1n) is 9.15. The molecule has 28 heavy (non-hydrogen) atoms. The molecule has 0 bridgehead atoms. The molecule has 0 amide bonds. The first kappa shape index (κ1) is 19.0. The van der Waals surface area contributed by atoms with Crippen LogP contribution in [0.2, 0.25) is 0 Å². The lowest BCUT2D eigenvalue weighted by atomic mass is 10.0. The minimum absolute atomic E-state index is 0.0418. The van der Waals surface area contributed by atoms with Crippen LogP contribution in [0.3, 0.4) is 0 Å². The number of nitrogens with one attached hydrogen (secondary N) is 1. The first-order chi connectivity index (χ1) is 13.6. The largest absolute Gasteiger partial charge is 0.423 e. The zero-order valence-corrected chi connectivity index (χ0v) is 16.2. The van der Waals surface area contributed by atoms with Gasteiger partial charge in [-0.25, -0.2) is 0 Å². The molecule has 2 N–H and O–H groups in total. The molecule has 1 saturated heterocycles. The summed E-state index contributed by atoms with van der Waals surface area (Å²) in [7, 11) is -3.30. The molecule has 1 aliphatic heterocycles. The SMILES string of the molecule is O=P(O)(Cc1ccccc1)C[C@H]1CN[C@H](c2ccc(-c3nnco3)cc2)CO1. The molecule has 4 rings (SSSR count). The number of rotatable bonds is 6. The number of ether oxygens (including phenoxy) is 1. The van der Waals surface area contributed by atoms with E-state index < -0.39 is 7.37 Å². The van der Waals surface area contributed by atoms with E-state index in [1.54, 1.807) is 0 Å². The normalized spacial score (nSPS) is 21.9. The molecule has 2 aromatic carbocycles. The van der Waals surface area contributed by atoms with E-state index in [1.807, 2.05) is 54.6 Å². The van der Waals surface area contributed by atoms with E-state index in [0.717, 1.165) is 16.7 Å². The van der Waals surface area contributed by atoms with Gasteiger partial charge in [0.2, 0.25) is 19.7 Å². The predicted octanol–water partition coefficient (Wildman–Crippen LogP) is 3.24. The Balaban J connectivity index is 1.31. The lowest BCUT2D eigenvalue weighted by Gasteiger charge is -2.31. The minimum atomic E-state index is -3.30. The molecule has 3 aromatic rings. The molecule has 3 atom stereocenters. The Bertz CT molecular complexity index is 924. The summed E-state index contributed by atoms with van der Waals surface area (Å²) >= 11 is 0. The zero-order chi connectivity index (χ0) is 19.4. The van der Waals surface area contributed by atoms with Crippen molar-refractivity contribution >= 4 is 7.37 Å². The summed E-state index contributed by atoms with van der Waals surface area (Å²) in [6, 6.07) is 17.3. The smallest absolute Gasteiger partial charge is 0.247 e. The molecule has 7 nitrogen and oxygen atoms in total. The maximum Gasteiger partial charge on any atom is 0.247 e. The summed E-state index contributed by atoms with van der Waals surface area (Å²) in [6.45, 7) is 0.991. The van der Waals surface area contributed by atoms with E-state index in [0.29, 0.717) is 19.0 Å². The van der Waals surface area contributed by atoms with E-state index in [2.05, 4.69) is 15.5 Å². The molecule has 1 fully saturated rings. The molecule has 1 aromatic heterocycles. The highest BCUT2D eigenvalue weighted by Gasteiger charge is 2.29. The fraction of sp³-hybridized carbons (Fsp3) is 0.300. The van der Waals surface area contributed by atoms with Crippen LogP contribution < -0.4 is 5.32 Å². The van der Waals surface area contributed by atoms with Crippen LogP contribution in [0.25, 0.3) is 11.5 Å². The third-order valence-corrected chi connectivity index (χ3v) is 6.61. The summed E-state index contributed by atoms with van der Waals surface area (Å²) in [5.74, 6) is 0.483. The second-order valence-corrected chi connectivity index (χ2v) is 9.33. The van der Waals surface area contributed by atoms with Gasteiger partial charge in [0.15, 0.2) is 0 Å². The van der Waals surface area contributed by atoms with E-state index in [9.17, 15) is 9.46 Å². The fourth-order valence-corrected chi connectivity index (χ4v) is 5.14. The van der Waals surface area contributed by atoms with Gasteiger partial charge >= 0.3 is 0 Å². The van der Waals surface area contributed by atoms with Crippen molar-refractivity contribution in [1.82, 2.24) is 15.5 Å². The van der Waals surface area contributed by atoms with Gasteiger partial charge in [0.1, 0.15) is 0 Å². The summed E-state index contributed by atoms with van der Waals surface area (Å²) in [5, 5.41) is 11.0. The van der Waals surface area contributed by atoms with Gasteiger partial charge in [-0.1, -0.05) is 42.5 Å². The average Bonchev–Trinajstić information content (AvgIpc) is 3.24. The van der Waals surface area contributed by atoms with E-state index in [-0.39, 0.29) is 24.5 Å². The van der Waals surface area contributed by atoms with Crippen molar-refractivity contribution in [1.29, 1.82) is 0 Å². The molecule has 2 heterocycles. The second kappa shape index (κ2) is 8.37. The standard InChI is InChI=1S/C20H22N3O4P/c24-28(25,12-15-4-2-1-3-5-15)13-18-10-21-19(11-26-18)16-6-8-17(9-7-16)20-23-22-14-27-20/h1-9,14,18-19,21H,10-13H2,(H,24,25)/t18-,19+/m1/s1. The lowest BCUT2D eigenvalue weighted by Crippen LogP contribution is -2.42. The third kappa shape index (κ3) is 4.75. The molecular formula is C20H22N3O4P. The number of aromatic nitrogens is 2. The lowest BCUT2D eigenvalue weighted by molar-refractivity contribution is 0.0156. The number of hydrogen-bond acceptors (Lipinski definition) is 6. The predicted molar refractivity (Wildman–Crippen MR) is 105 cm³/mol. The minimum Gasteiger partial charge on any atom is -0.423 e. The van der Waals surface area contributed by atoms with Gasteiger partial charge in [-0.15, -0.1) is 10.2 Å². The molecule has 1 aliphatic rings. The summed E-state index contributed by atoms with van der Waals surface area (Å²) < 4.78 is 23.7. The molecule has 1 unspecified atom stereocenters. The molecule has 0 spiro atoms. The highest BCUT2D eigenvalue weighted by Crippen LogP contribution is 2.45. The quantitative estimate of drug-likeness (QED) is 0.614. The van der Waals surface area contributed by atoms with Gasteiger partial charge in [-0.05, 0) is 23.3 Å². The Morgan fingerprint density at radius 1 is 1.14 bits per heavy atom. The topological polar surface area (TPSA) is 97.5 Å². The number of nitrogens with zero attached hydrogens (tertiary/aromatic N) is 2. The molecule has 8 heteroatoms. The highest BCUT2D eigenvalue weighted by molar-refractivity contribution is 7.57. The van der Waals surface area contributed by atoms with E-state index in [1.165, 1.54) is 6.39 Å². The molecule has 0 radical (unpaired) electrons. The number of morpholine rings is 1. The Morgan fingerprint density at radius 3 is 2.57 bits per heavy atom. The molecule has 146 valence electrons. The van der Waals surface area contributed by atoms with Gasteiger partial charge in [-0.3, -0.25) is 4.57 Å². The van der Waals surface area contributed by atoms with Crippen molar-refractivity contribution in [2.24, 2.45) is 0 Å². The highest BCUT2D eigenvalue weighted by atomic mass is 31.2. The first-order valence-corrected chi connectivity index (χ1v) is 11.2. The average molecular weight is 399 g/mol. The van der Waals surface area contributed by atoms with Crippen LogP contribution in [0.15, 0.2) is 65.4 Å². The van der Waals surface area contributed by atoms with Crippen LogP contribution in [0.4, 0.5) is 0 Å². The van der Waals surface area contributed by atoms with Crippen molar-refractivity contribution in [2.75, 3.05) is 19.3 Å². The summed E-state index contributed by atoms with van der Waals surface area (Å²) in [6.07, 6.45) is 1.36. The van der Waals surface area contributed by atoms with Crippen LogP contribution in [-0.4, -0.2) is 40.5 Å². The van der Waals surface area contributed by atoms with Crippen LogP contribution in [0.5, 0.6) is 0 Å². The second-order valence-electron chi connectivity index (χ2n) is 6.95. The zero-order valence-electron chi connectivity index (χ0n) is 15.3. The van der Waals surface area contributed by atoms with E-state index >= 15 is 0 Å². The maximum atomic E-state index is 12.6. The van der Waals surface area contributed by atoms with Crippen molar-refractivity contribution in [3.05, 3.63) is 72.1 Å². The molecule has 0 aliphatic carbocycles. The van der Waals surface area contributed by atoms with Crippen molar-refractivity contribution < 1.29 is 18.6 Å². The monoisotopic (exact) mass is 399 g/mol. The third-order valence-electron chi connectivity index (χ3n) is 4.77. The Kier molecular flexibility index (Phi) is 5.69. The van der Waals surface area contributed by atoms with Crippen LogP contribution in [-0.2, 0) is 15.5 Å². The number of hydrogen-bond donors (Lipinski definition) is 2. The van der Waals surface area contributed by atoms with Gasteiger partial charge in [0.25, 0.3) is 0 Å². The van der Waals surface area contributed by atoms with Crippen LogP contribution in [0, 0.1) is 0 Å². The summed E-state index contributed by atoms with van der Waals surface area (Å²) in [5.41, 5.74) is 2.81. The van der Waals surface area contributed by atoms with Gasteiger partial charge in [0.05, 0.1) is 24.9 Å². The Labute approximate surface area is 163 Å². The van der Waals surface area contributed by atoms with Crippen LogP contribution >= 0.6 is 7.37 Å². The summed E-state index contributed by atoms with van der Waals surface area (Å²) in [4.78, 5) is 10.4.